The van der Waals surface area contributed by atoms with E-state index >= 15 is 0 Å². The number of hydrogen-bond donors (Lipinski definition) is 2. The van der Waals surface area contributed by atoms with Gasteiger partial charge in [-0.05, 0) is 36.4 Å². The van der Waals surface area contributed by atoms with Crippen molar-refractivity contribution in [3.63, 3.8) is 0 Å². The highest BCUT2D eigenvalue weighted by Crippen LogP contribution is 2.17. The van der Waals surface area contributed by atoms with Gasteiger partial charge in [0.2, 0.25) is 0 Å². The molecule has 25 heavy (non-hydrogen) atoms. The Morgan fingerprint density at radius 3 is 2.64 bits per heavy atom. The highest BCUT2D eigenvalue weighted by Gasteiger charge is 2.19. The molecule has 0 radical (unpaired) electrons. The predicted molar refractivity (Wildman–Crippen MR) is 92.5 cm³/mol. The third-order valence-electron chi connectivity index (χ3n) is 3.51. The topological polar surface area (TPSA) is 89.2 Å². The fourth-order valence-corrected chi connectivity index (χ4v) is 2.38. The molecule has 1 aromatic carbocycles. The van der Waals surface area contributed by atoms with E-state index in [4.69, 9.17) is 16.0 Å². The smallest absolute Gasteiger partial charge is 0.272 e. The first kappa shape index (κ1) is 16.8. The molecule has 2 N–H and O–H groups in total. The number of aromatic nitrogens is 2. The van der Waals surface area contributed by atoms with Gasteiger partial charge in [0.15, 0.2) is 0 Å². The summed E-state index contributed by atoms with van der Waals surface area (Å²) in [7, 11) is 1.62. The van der Waals surface area contributed by atoms with E-state index < -0.39 is 0 Å². The number of amides is 2. The molecule has 0 bridgehead atoms. The zero-order chi connectivity index (χ0) is 17.8. The number of benzene rings is 1. The summed E-state index contributed by atoms with van der Waals surface area (Å²) in [4.78, 5) is 24.7. The number of anilines is 1. The van der Waals surface area contributed by atoms with Crippen molar-refractivity contribution in [3.05, 3.63) is 70.9 Å². The Hall–Kier alpha value is -3.06. The monoisotopic (exact) mass is 358 g/mol. The van der Waals surface area contributed by atoms with Gasteiger partial charge < -0.3 is 15.1 Å². The van der Waals surface area contributed by atoms with Gasteiger partial charge in [0.05, 0.1) is 24.7 Å². The lowest BCUT2D eigenvalue weighted by Gasteiger charge is -2.08. The Morgan fingerprint density at radius 1 is 1.20 bits per heavy atom. The second-order valence-electron chi connectivity index (χ2n) is 5.25. The van der Waals surface area contributed by atoms with E-state index in [-0.39, 0.29) is 24.1 Å². The van der Waals surface area contributed by atoms with Gasteiger partial charge in [0.1, 0.15) is 11.5 Å². The Morgan fingerprint density at radius 2 is 1.96 bits per heavy atom. The summed E-state index contributed by atoms with van der Waals surface area (Å²) in [5.74, 6) is -0.102. The zero-order valence-electron chi connectivity index (χ0n) is 13.3. The number of carbonyl (C=O) groups excluding carboxylic acids is 2. The molecule has 3 rings (SSSR count). The van der Waals surface area contributed by atoms with Crippen molar-refractivity contribution in [3.8, 4) is 0 Å². The average molecular weight is 359 g/mol. The summed E-state index contributed by atoms with van der Waals surface area (Å²) in [6, 6.07) is 9.94. The molecule has 2 amide bonds. The van der Waals surface area contributed by atoms with Crippen LogP contribution in [0.3, 0.4) is 0 Å². The second kappa shape index (κ2) is 7.23. The molecule has 0 aliphatic heterocycles. The average Bonchev–Trinajstić information content (AvgIpc) is 3.23. The van der Waals surface area contributed by atoms with Crippen LogP contribution in [0.1, 0.15) is 26.6 Å². The highest BCUT2D eigenvalue weighted by molar-refractivity contribution is 6.30. The lowest BCUT2D eigenvalue weighted by molar-refractivity contribution is 0.0939. The quantitative estimate of drug-likeness (QED) is 0.734. The van der Waals surface area contributed by atoms with Crippen molar-refractivity contribution in [2.24, 2.45) is 7.05 Å². The van der Waals surface area contributed by atoms with Gasteiger partial charge in [0.25, 0.3) is 11.8 Å². The molecule has 0 aliphatic rings. The van der Waals surface area contributed by atoms with E-state index in [9.17, 15) is 9.59 Å². The minimum atomic E-state index is -0.372. The first-order valence-corrected chi connectivity index (χ1v) is 7.82. The number of nitrogens with one attached hydrogen (secondary N) is 2. The Labute approximate surface area is 148 Å². The van der Waals surface area contributed by atoms with Crippen LogP contribution in [-0.4, -0.2) is 21.6 Å². The van der Waals surface area contributed by atoms with Crippen LogP contribution in [0, 0.1) is 0 Å². The lowest BCUT2D eigenvalue weighted by atomic mass is 10.2. The Bertz CT molecular complexity index is 885. The molecule has 3 aromatic rings. The summed E-state index contributed by atoms with van der Waals surface area (Å²) in [5.41, 5.74) is 0.989. The first-order chi connectivity index (χ1) is 12.0. The van der Waals surface area contributed by atoms with Gasteiger partial charge in [0, 0.05) is 17.6 Å². The van der Waals surface area contributed by atoms with Gasteiger partial charge in [-0.3, -0.25) is 14.3 Å². The lowest BCUT2D eigenvalue weighted by Crippen LogP contribution is -2.26. The van der Waals surface area contributed by atoms with Gasteiger partial charge in [-0.25, -0.2) is 0 Å². The molecule has 0 fully saturated rings. The normalized spacial score (nSPS) is 10.5. The minimum absolute atomic E-state index is 0.238. The maximum atomic E-state index is 12.4. The summed E-state index contributed by atoms with van der Waals surface area (Å²) in [6.07, 6.45) is 2.96. The van der Waals surface area contributed by atoms with E-state index in [1.807, 2.05) is 0 Å². The standard InChI is InChI=1S/C17H15ClN4O3/c1-22-15(17(24)19-9-13-3-2-8-25-13)14(10-20-22)21-16(23)11-4-6-12(18)7-5-11/h2-8,10H,9H2,1H3,(H,19,24)(H,21,23). The number of furan rings is 1. The van der Waals surface area contributed by atoms with Crippen LogP contribution >= 0.6 is 11.6 Å². The summed E-state index contributed by atoms with van der Waals surface area (Å²) < 4.78 is 6.57. The highest BCUT2D eigenvalue weighted by atomic mass is 35.5. The molecular formula is C17H15ClN4O3. The van der Waals surface area contributed by atoms with Crippen molar-refractivity contribution < 1.29 is 14.0 Å². The largest absolute Gasteiger partial charge is 0.467 e. The molecule has 0 atom stereocenters. The van der Waals surface area contributed by atoms with Gasteiger partial charge >= 0.3 is 0 Å². The Kier molecular flexibility index (Phi) is 4.85. The number of rotatable bonds is 5. The van der Waals surface area contributed by atoms with E-state index in [2.05, 4.69) is 15.7 Å². The number of hydrogen-bond acceptors (Lipinski definition) is 4. The predicted octanol–water partition coefficient (Wildman–Crippen LogP) is 2.85. The van der Waals surface area contributed by atoms with Crippen LogP contribution < -0.4 is 10.6 Å². The van der Waals surface area contributed by atoms with Gasteiger partial charge in [-0.15, -0.1) is 0 Å². The van der Waals surface area contributed by atoms with Crippen molar-refractivity contribution in [2.45, 2.75) is 6.54 Å². The van der Waals surface area contributed by atoms with Crippen molar-refractivity contribution in [2.75, 3.05) is 5.32 Å². The number of aryl methyl sites for hydroxylation is 1. The van der Waals surface area contributed by atoms with Crippen molar-refractivity contribution in [1.29, 1.82) is 0 Å². The summed E-state index contributed by atoms with van der Waals surface area (Å²) in [5, 5.41) is 10.00. The van der Waals surface area contributed by atoms with Crippen LogP contribution in [0.25, 0.3) is 0 Å². The van der Waals surface area contributed by atoms with Crippen LogP contribution in [0.5, 0.6) is 0 Å². The first-order valence-electron chi connectivity index (χ1n) is 7.44. The molecule has 0 saturated carbocycles. The third-order valence-corrected chi connectivity index (χ3v) is 3.76. The van der Waals surface area contributed by atoms with Gasteiger partial charge in [-0.1, -0.05) is 11.6 Å². The van der Waals surface area contributed by atoms with E-state index in [0.717, 1.165) is 0 Å². The second-order valence-corrected chi connectivity index (χ2v) is 5.69. The molecular weight excluding hydrogens is 344 g/mol. The maximum absolute atomic E-state index is 12.4. The summed E-state index contributed by atoms with van der Waals surface area (Å²) >= 11 is 5.82. The SMILES string of the molecule is Cn1ncc(NC(=O)c2ccc(Cl)cc2)c1C(=O)NCc1ccco1. The number of carbonyl (C=O) groups is 2. The molecule has 0 saturated heterocycles. The molecule has 7 nitrogen and oxygen atoms in total. The van der Waals surface area contributed by atoms with Crippen LogP contribution in [0.2, 0.25) is 5.02 Å². The van der Waals surface area contributed by atoms with Gasteiger partial charge in [-0.2, -0.15) is 5.10 Å². The number of halogens is 1. The molecule has 8 heteroatoms. The molecule has 0 aliphatic carbocycles. The summed E-state index contributed by atoms with van der Waals surface area (Å²) in [6.45, 7) is 0.238. The molecule has 2 aromatic heterocycles. The fraction of sp³-hybridized carbons (Fsp3) is 0.118. The maximum Gasteiger partial charge on any atom is 0.272 e. The Balaban J connectivity index is 1.73. The minimum Gasteiger partial charge on any atom is -0.467 e. The number of nitrogens with zero attached hydrogens (tertiary/aromatic N) is 2. The van der Waals surface area contributed by atoms with E-state index in [0.29, 0.717) is 22.0 Å². The van der Waals surface area contributed by atoms with E-state index in [1.54, 1.807) is 43.4 Å². The molecule has 0 unspecified atom stereocenters. The van der Waals surface area contributed by atoms with Crippen LogP contribution in [0.4, 0.5) is 5.69 Å². The van der Waals surface area contributed by atoms with Crippen LogP contribution in [-0.2, 0) is 13.6 Å². The molecule has 2 heterocycles. The fourth-order valence-electron chi connectivity index (χ4n) is 2.26. The molecule has 0 spiro atoms. The van der Waals surface area contributed by atoms with Crippen molar-refractivity contribution >= 4 is 29.1 Å². The molecule has 128 valence electrons. The van der Waals surface area contributed by atoms with Crippen LogP contribution in [0.15, 0.2) is 53.3 Å². The van der Waals surface area contributed by atoms with Crippen molar-refractivity contribution in [1.82, 2.24) is 15.1 Å². The van der Waals surface area contributed by atoms with E-state index in [1.165, 1.54) is 17.1 Å². The third kappa shape index (κ3) is 3.89. The zero-order valence-corrected chi connectivity index (χ0v) is 14.1.